The predicted molar refractivity (Wildman–Crippen MR) is 108 cm³/mol. The van der Waals surface area contributed by atoms with E-state index in [1.54, 1.807) is 0 Å². The van der Waals surface area contributed by atoms with E-state index in [4.69, 9.17) is 0 Å². The van der Waals surface area contributed by atoms with Crippen molar-refractivity contribution < 1.29 is 0 Å². The van der Waals surface area contributed by atoms with Crippen molar-refractivity contribution in [2.45, 2.75) is 62.3 Å². The largest absolute Gasteiger partial charge is 0.337 e. The first-order valence-electron chi connectivity index (χ1n) is 8.89. The SMILES string of the molecule is Cc1cc(C)cc(CC2(CCCn3ccnc3)SCCC(C)S2)c1. The Bertz CT molecular complexity index is 633. The van der Waals surface area contributed by atoms with Crippen molar-refractivity contribution in [2.75, 3.05) is 5.75 Å². The number of aromatic nitrogens is 2. The smallest absolute Gasteiger partial charge is 0.0945 e. The van der Waals surface area contributed by atoms with Crippen LogP contribution in [0.25, 0.3) is 0 Å². The van der Waals surface area contributed by atoms with Crippen LogP contribution in [0.1, 0.15) is 42.9 Å². The van der Waals surface area contributed by atoms with Crippen LogP contribution in [0.3, 0.4) is 0 Å². The molecule has 1 aromatic carbocycles. The van der Waals surface area contributed by atoms with Crippen molar-refractivity contribution in [3.63, 3.8) is 0 Å². The molecular formula is C20H28N2S2. The third kappa shape index (κ3) is 4.82. The molecule has 2 aromatic rings. The molecule has 2 atom stereocenters. The van der Waals surface area contributed by atoms with Crippen molar-refractivity contribution >= 4 is 23.5 Å². The van der Waals surface area contributed by atoms with E-state index in [0.717, 1.165) is 11.8 Å². The van der Waals surface area contributed by atoms with Gasteiger partial charge < -0.3 is 4.57 Å². The fourth-order valence-electron chi connectivity index (χ4n) is 3.61. The lowest BCUT2D eigenvalue weighted by Gasteiger charge is -2.39. The lowest BCUT2D eigenvalue weighted by Crippen LogP contribution is -2.31. The summed E-state index contributed by atoms with van der Waals surface area (Å²) in [4.78, 5) is 4.16. The van der Waals surface area contributed by atoms with Gasteiger partial charge >= 0.3 is 0 Å². The molecule has 0 N–H and O–H groups in total. The van der Waals surface area contributed by atoms with Gasteiger partial charge in [0.2, 0.25) is 0 Å². The Kier molecular flexibility index (Phi) is 5.98. The van der Waals surface area contributed by atoms with Gasteiger partial charge in [-0.25, -0.2) is 4.98 Å². The summed E-state index contributed by atoms with van der Waals surface area (Å²) in [5.41, 5.74) is 4.28. The molecule has 1 aliphatic heterocycles. The zero-order chi connectivity index (χ0) is 17.0. The third-order valence-electron chi connectivity index (χ3n) is 4.59. The van der Waals surface area contributed by atoms with Gasteiger partial charge in [-0.05, 0) is 50.8 Å². The van der Waals surface area contributed by atoms with Gasteiger partial charge in [0.05, 0.1) is 10.4 Å². The van der Waals surface area contributed by atoms with Crippen LogP contribution in [0, 0.1) is 13.8 Å². The molecule has 2 nitrogen and oxygen atoms in total. The van der Waals surface area contributed by atoms with Gasteiger partial charge in [0.1, 0.15) is 0 Å². The summed E-state index contributed by atoms with van der Waals surface area (Å²) < 4.78 is 2.53. The number of rotatable bonds is 6. The zero-order valence-corrected chi connectivity index (χ0v) is 16.6. The van der Waals surface area contributed by atoms with Gasteiger partial charge in [-0.1, -0.05) is 36.2 Å². The highest BCUT2D eigenvalue weighted by atomic mass is 32.2. The normalized spacial score (nSPS) is 24.2. The van der Waals surface area contributed by atoms with E-state index >= 15 is 0 Å². The van der Waals surface area contributed by atoms with E-state index in [9.17, 15) is 0 Å². The molecule has 0 aliphatic carbocycles. The van der Waals surface area contributed by atoms with Gasteiger partial charge in [-0.15, -0.1) is 23.5 Å². The third-order valence-corrected chi connectivity index (χ3v) is 7.97. The highest BCUT2D eigenvalue weighted by Crippen LogP contribution is 2.50. The maximum absolute atomic E-state index is 4.16. The first kappa shape index (κ1) is 17.9. The summed E-state index contributed by atoms with van der Waals surface area (Å²) in [5.74, 6) is 1.30. The minimum absolute atomic E-state index is 0.332. The molecule has 0 spiro atoms. The average molecular weight is 361 g/mol. The maximum Gasteiger partial charge on any atom is 0.0945 e. The van der Waals surface area contributed by atoms with E-state index in [2.05, 4.69) is 78.2 Å². The van der Waals surface area contributed by atoms with Crippen molar-refractivity contribution in [1.82, 2.24) is 9.55 Å². The quantitative estimate of drug-likeness (QED) is 0.679. The number of hydrogen-bond donors (Lipinski definition) is 0. The molecule has 3 rings (SSSR count). The number of thioether (sulfide) groups is 2. The van der Waals surface area contributed by atoms with Crippen LogP contribution >= 0.6 is 23.5 Å². The molecule has 0 radical (unpaired) electrons. The van der Waals surface area contributed by atoms with Crippen molar-refractivity contribution in [2.24, 2.45) is 0 Å². The molecule has 24 heavy (non-hydrogen) atoms. The van der Waals surface area contributed by atoms with Crippen LogP contribution in [0.2, 0.25) is 0 Å². The van der Waals surface area contributed by atoms with Gasteiger partial charge in [-0.3, -0.25) is 0 Å². The van der Waals surface area contributed by atoms with Gasteiger partial charge in [0, 0.05) is 24.2 Å². The molecule has 1 aliphatic rings. The molecule has 1 fully saturated rings. The zero-order valence-electron chi connectivity index (χ0n) is 15.0. The molecule has 0 amide bonds. The molecule has 1 aromatic heterocycles. The lowest BCUT2D eigenvalue weighted by molar-refractivity contribution is 0.572. The topological polar surface area (TPSA) is 17.8 Å². The van der Waals surface area contributed by atoms with Crippen molar-refractivity contribution in [3.05, 3.63) is 53.6 Å². The molecule has 0 bridgehead atoms. The second kappa shape index (κ2) is 8.01. The molecule has 0 saturated carbocycles. The van der Waals surface area contributed by atoms with Crippen LogP contribution in [0.5, 0.6) is 0 Å². The molecule has 2 unspecified atom stereocenters. The Labute approximate surface area is 154 Å². The summed E-state index contributed by atoms with van der Waals surface area (Å²) in [7, 11) is 0. The van der Waals surface area contributed by atoms with Crippen LogP contribution in [0.4, 0.5) is 0 Å². The van der Waals surface area contributed by atoms with Gasteiger partial charge in [-0.2, -0.15) is 0 Å². The lowest BCUT2D eigenvalue weighted by atomic mass is 10.0. The molecule has 2 heterocycles. The second-order valence-electron chi connectivity index (χ2n) is 7.05. The van der Waals surface area contributed by atoms with Crippen molar-refractivity contribution in [3.8, 4) is 0 Å². The summed E-state index contributed by atoms with van der Waals surface area (Å²) in [6.45, 7) is 7.90. The number of imidazole rings is 1. The molecule has 130 valence electrons. The first-order chi connectivity index (χ1) is 11.5. The number of hydrogen-bond acceptors (Lipinski definition) is 3. The average Bonchev–Trinajstić information content (AvgIpc) is 2.99. The van der Waals surface area contributed by atoms with Gasteiger partial charge in [0.25, 0.3) is 0 Å². The minimum Gasteiger partial charge on any atom is -0.337 e. The van der Waals surface area contributed by atoms with Crippen LogP contribution in [0.15, 0.2) is 36.9 Å². The van der Waals surface area contributed by atoms with E-state index < -0.39 is 0 Å². The van der Waals surface area contributed by atoms with Crippen LogP contribution < -0.4 is 0 Å². The molecule has 1 saturated heterocycles. The first-order valence-corrected chi connectivity index (χ1v) is 10.8. The fourth-order valence-corrected chi connectivity index (χ4v) is 7.66. The minimum atomic E-state index is 0.332. The van der Waals surface area contributed by atoms with Gasteiger partial charge in [0.15, 0.2) is 0 Å². The van der Waals surface area contributed by atoms with E-state index in [-0.39, 0.29) is 0 Å². The predicted octanol–water partition coefficient (Wildman–Crippen LogP) is 5.48. The van der Waals surface area contributed by atoms with Crippen LogP contribution in [-0.4, -0.2) is 24.6 Å². The van der Waals surface area contributed by atoms with E-state index in [1.165, 1.54) is 48.1 Å². The Hall–Kier alpha value is -0.870. The standard InChI is InChI=1S/C20H28N2S2/c1-16-11-17(2)13-19(12-16)14-20(23-10-5-18(3)24-20)6-4-8-22-9-7-21-15-22/h7,9,11-13,15,18H,4-6,8,10,14H2,1-3H3. The monoisotopic (exact) mass is 360 g/mol. The Balaban J connectivity index is 1.71. The highest BCUT2D eigenvalue weighted by Gasteiger charge is 2.36. The van der Waals surface area contributed by atoms with E-state index in [1.807, 2.05) is 12.5 Å². The highest BCUT2D eigenvalue weighted by molar-refractivity contribution is 8.19. The summed E-state index contributed by atoms with van der Waals surface area (Å²) in [6, 6.07) is 7.04. The molecular weight excluding hydrogens is 332 g/mol. The summed E-state index contributed by atoms with van der Waals surface area (Å²) in [6.07, 6.45) is 10.9. The summed E-state index contributed by atoms with van der Waals surface area (Å²) >= 11 is 4.41. The second-order valence-corrected chi connectivity index (χ2v) is 10.6. The molecule has 4 heteroatoms. The Morgan fingerprint density at radius 2 is 2.04 bits per heavy atom. The van der Waals surface area contributed by atoms with Crippen molar-refractivity contribution in [1.29, 1.82) is 0 Å². The number of benzene rings is 1. The fraction of sp³-hybridized carbons (Fsp3) is 0.550. The number of nitrogens with zero attached hydrogens (tertiary/aromatic N) is 2. The van der Waals surface area contributed by atoms with E-state index in [0.29, 0.717) is 4.08 Å². The Morgan fingerprint density at radius 3 is 2.71 bits per heavy atom. The Morgan fingerprint density at radius 1 is 1.25 bits per heavy atom. The summed E-state index contributed by atoms with van der Waals surface area (Å²) in [5, 5.41) is 0.769. The maximum atomic E-state index is 4.16. The van der Waals surface area contributed by atoms with Crippen LogP contribution in [-0.2, 0) is 13.0 Å². The number of aryl methyl sites for hydroxylation is 3.